The molecule has 0 radical (unpaired) electrons. The molecule has 1 saturated carbocycles. The van der Waals surface area contributed by atoms with Gasteiger partial charge in [-0.2, -0.15) is 13.2 Å². The lowest BCUT2D eigenvalue weighted by atomic mass is 10.1. The Morgan fingerprint density at radius 1 is 1.50 bits per heavy atom. The third-order valence-corrected chi connectivity index (χ3v) is 2.93. The number of halogens is 3. The van der Waals surface area contributed by atoms with Crippen LogP contribution in [0.5, 0.6) is 0 Å². The van der Waals surface area contributed by atoms with Crippen molar-refractivity contribution in [1.82, 2.24) is 4.98 Å². The van der Waals surface area contributed by atoms with Crippen molar-refractivity contribution in [3.8, 4) is 0 Å². The Morgan fingerprint density at radius 3 is 2.67 bits per heavy atom. The quantitative estimate of drug-likeness (QED) is 0.903. The van der Waals surface area contributed by atoms with Crippen LogP contribution in [-0.2, 0) is 0 Å². The molecule has 1 aromatic rings. The van der Waals surface area contributed by atoms with Crippen LogP contribution in [0.1, 0.15) is 31.4 Å². The maximum Gasteiger partial charge on any atom is 0.405 e. The molecule has 1 heterocycles. The first kappa shape index (κ1) is 13.1. The van der Waals surface area contributed by atoms with Crippen LogP contribution < -0.4 is 10.6 Å². The highest BCUT2D eigenvalue weighted by molar-refractivity contribution is 5.44. The highest BCUT2D eigenvalue weighted by atomic mass is 19.4. The molecule has 1 aliphatic rings. The molecule has 0 aliphatic heterocycles. The van der Waals surface area contributed by atoms with Crippen molar-refractivity contribution < 1.29 is 13.2 Å². The Bertz CT molecular complexity index is 413. The van der Waals surface area contributed by atoms with E-state index in [9.17, 15) is 13.2 Å². The zero-order chi connectivity index (χ0) is 13.3. The molecule has 1 aromatic heterocycles. The van der Waals surface area contributed by atoms with Crippen molar-refractivity contribution in [1.29, 1.82) is 0 Å². The van der Waals surface area contributed by atoms with Gasteiger partial charge in [-0.25, -0.2) is 4.98 Å². The largest absolute Gasteiger partial charge is 0.405 e. The van der Waals surface area contributed by atoms with E-state index in [1.165, 1.54) is 11.1 Å². The number of alkyl halides is 3. The third-order valence-electron chi connectivity index (χ3n) is 2.93. The van der Waals surface area contributed by atoms with Crippen molar-refractivity contribution in [2.24, 2.45) is 5.73 Å². The molecule has 6 heteroatoms. The number of nitrogens with two attached hydrogens (primary N) is 1. The van der Waals surface area contributed by atoms with Crippen LogP contribution in [0.15, 0.2) is 18.3 Å². The van der Waals surface area contributed by atoms with Crippen molar-refractivity contribution in [3.05, 3.63) is 23.9 Å². The van der Waals surface area contributed by atoms with Crippen molar-refractivity contribution in [2.75, 3.05) is 11.4 Å². The monoisotopic (exact) mass is 259 g/mol. The highest BCUT2D eigenvalue weighted by Crippen LogP contribution is 2.33. The summed E-state index contributed by atoms with van der Waals surface area (Å²) >= 11 is 0. The molecule has 18 heavy (non-hydrogen) atoms. The van der Waals surface area contributed by atoms with Gasteiger partial charge in [0.2, 0.25) is 0 Å². The Labute approximate surface area is 104 Å². The van der Waals surface area contributed by atoms with Crippen LogP contribution >= 0.6 is 0 Å². The minimum absolute atomic E-state index is 0.0394. The minimum atomic E-state index is -4.21. The lowest BCUT2D eigenvalue weighted by molar-refractivity contribution is -0.120. The van der Waals surface area contributed by atoms with Crippen LogP contribution in [0.4, 0.5) is 19.0 Å². The summed E-state index contributed by atoms with van der Waals surface area (Å²) in [4.78, 5) is 5.36. The first-order valence-corrected chi connectivity index (χ1v) is 5.92. The lowest BCUT2D eigenvalue weighted by Crippen LogP contribution is -2.36. The molecule has 0 bridgehead atoms. The van der Waals surface area contributed by atoms with E-state index in [0.717, 1.165) is 18.4 Å². The molecule has 100 valence electrons. The molecular weight excluding hydrogens is 243 g/mol. The second-order valence-electron chi connectivity index (χ2n) is 4.71. The van der Waals surface area contributed by atoms with E-state index in [1.54, 1.807) is 19.1 Å². The van der Waals surface area contributed by atoms with Gasteiger partial charge in [-0.1, -0.05) is 0 Å². The van der Waals surface area contributed by atoms with Crippen LogP contribution in [0.3, 0.4) is 0 Å². The molecule has 1 fully saturated rings. The van der Waals surface area contributed by atoms with Crippen LogP contribution in [0.25, 0.3) is 0 Å². The van der Waals surface area contributed by atoms with Gasteiger partial charge in [-0.05, 0) is 37.5 Å². The number of nitrogens with zero attached hydrogens (tertiary/aromatic N) is 2. The Kier molecular flexibility index (Phi) is 3.47. The number of rotatable bonds is 4. The number of aromatic nitrogens is 1. The summed E-state index contributed by atoms with van der Waals surface area (Å²) in [6.07, 6.45) is -1.12. The van der Waals surface area contributed by atoms with Gasteiger partial charge in [0.15, 0.2) is 0 Å². The number of pyridine rings is 1. The Balaban J connectivity index is 2.22. The second-order valence-corrected chi connectivity index (χ2v) is 4.71. The van der Waals surface area contributed by atoms with Crippen LogP contribution in [0, 0.1) is 0 Å². The summed E-state index contributed by atoms with van der Waals surface area (Å²) in [5.74, 6) is 0.365. The number of hydrogen-bond acceptors (Lipinski definition) is 3. The summed E-state index contributed by atoms with van der Waals surface area (Å²) in [7, 11) is 0. The van der Waals surface area contributed by atoms with Crippen LogP contribution in [-0.4, -0.2) is 23.7 Å². The standard InChI is InChI=1S/C12H16F3N3/c1-8(16)9-4-5-17-11(6-9)18(10-2-3-10)7-12(13,14)15/h4-6,8,10H,2-3,7,16H2,1H3/t8-/m0/s1. The van der Waals surface area contributed by atoms with Gasteiger partial charge in [0.25, 0.3) is 0 Å². The lowest BCUT2D eigenvalue weighted by Gasteiger charge is -2.25. The summed E-state index contributed by atoms with van der Waals surface area (Å²) in [5, 5.41) is 0. The highest BCUT2D eigenvalue weighted by Gasteiger charge is 2.38. The molecule has 0 saturated heterocycles. The predicted octanol–water partition coefficient (Wildman–Crippen LogP) is 2.63. The average molecular weight is 259 g/mol. The van der Waals surface area contributed by atoms with E-state index in [-0.39, 0.29) is 12.1 Å². The van der Waals surface area contributed by atoms with Gasteiger partial charge in [0, 0.05) is 18.3 Å². The molecule has 3 nitrogen and oxygen atoms in total. The van der Waals surface area contributed by atoms with Crippen molar-refractivity contribution in [3.63, 3.8) is 0 Å². The SMILES string of the molecule is C[C@H](N)c1ccnc(N(CC(F)(F)F)C2CC2)c1. The molecular formula is C12H16F3N3. The zero-order valence-corrected chi connectivity index (χ0v) is 10.1. The molecule has 0 amide bonds. The van der Waals surface area contributed by atoms with Gasteiger partial charge >= 0.3 is 6.18 Å². The summed E-state index contributed by atoms with van der Waals surface area (Å²) < 4.78 is 37.6. The Hall–Kier alpha value is -1.30. The molecule has 0 aromatic carbocycles. The van der Waals surface area contributed by atoms with Gasteiger partial charge < -0.3 is 10.6 Å². The van der Waals surface area contributed by atoms with Gasteiger partial charge in [0.05, 0.1) is 0 Å². The smallest absolute Gasteiger partial charge is 0.345 e. The molecule has 2 rings (SSSR count). The predicted molar refractivity (Wildman–Crippen MR) is 63.3 cm³/mol. The van der Waals surface area contributed by atoms with E-state index in [4.69, 9.17) is 5.73 Å². The fourth-order valence-corrected chi connectivity index (χ4v) is 1.85. The second kappa shape index (κ2) is 4.76. The van der Waals surface area contributed by atoms with Gasteiger partial charge in [-0.15, -0.1) is 0 Å². The van der Waals surface area contributed by atoms with Gasteiger partial charge in [0.1, 0.15) is 12.4 Å². The molecule has 0 unspecified atom stereocenters. The van der Waals surface area contributed by atoms with Crippen LogP contribution in [0.2, 0.25) is 0 Å². The molecule has 1 aliphatic carbocycles. The van der Waals surface area contributed by atoms with E-state index in [0.29, 0.717) is 5.82 Å². The topological polar surface area (TPSA) is 42.1 Å². The van der Waals surface area contributed by atoms with E-state index >= 15 is 0 Å². The molecule has 2 N–H and O–H groups in total. The summed E-state index contributed by atoms with van der Waals surface area (Å²) in [6.45, 7) is 0.845. The van der Waals surface area contributed by atoms with Crippen molar-refractivity contribution >= 4 is 5.82 Å². The Morgan fingerprint density at radius 2 is 2.17 bits per heavy atom. The molecule has 1 atom stereocenters. The first-order valence-electron chi connectivity index (χ1n) is 5.92. The van der Waals surface area contributed by atoms with Crippen molar-refractivity contribution in [2.45, 2.75) is 38.0 Å². The summed E-state index contributed by atoms with van der Waals surface area (Å²) in [6, 6.07) is 3.13. The minimum Gasteiger partial charge on any atom is -0.345 e. The van der Waals surface area contributed by atoms with E-state index in [2.05, 4.69) is 4.98 Å². The fraction of sp³-hybridized carbons (Fsp3) is 0.583. The number of hydrogen-bond donors (Lipinski definition) is 1. The maximum absolute atomic E-state index is 12.5. The molecule has 0 spiro atoms. The fourth-order valence-electron chi connectivity index (χ4n) is 1.85. The summed E-state index contributed by atoms with van der Waals surface area (Å²) in [5.41, 5.74) is 6.53. The normalized spacial score (nSPS) is 17.6. The van der Waals surface area contributed by atoms with E-state index < -0.39 is 12.7 Å². The van der Waals surface area contributed by atoms with E-state index in [1.807, 2.05) is 0 Å². The van der Waals surface area contributed by atoms with Gasteiger partial charge in [-0.3, -0.25) is 0 Å². The average Bonchev–Trinajstić information content (AvgIpc) is 3.08. The number of anilines is 1. The first-order chi connectivity index (χ1) is 8.37. The zero-order valence-electron chi connectivity index (χ0n) is 10.1. The third kappa shape index (κ3) is 3.35. The maximum atomic E-state index is 12.5.